The van der Waals surface area contributed by atoms with Crippen molar-refractivity contribution in [2.24, 2.45) is 0 Å². The van der Waals surface area contributed by atoms with Gasteiger partial charge in [-0.1, -0.05) is 18.2 Å². The van der Waals surface area contributed by atoms with Crippen LogP contribution in [0.15, 0.2) is 42.5 Å². The van der Waals surface area contributed by atoms with Crippen molar-refractivity contribution in [3.05, 3.63) is 65.2 Å². The maximum Gasteiger partial charge on any atom is 0.123 e. The van der Waals surface area contributed by atoms with Gasteiger partial charge in [-0.05, 0) is 36.8 Å². The van der Waals surface area contributed by atoms with Gasteiger partial charge in [-0.25, -0.2) is 4.39 Å². The van der Waals surface area contributed by atoms with Crippen molar-refractivity contribution >= 4 is 0 Å². The predicted octanol–water partition coefficient (Wildman–Crippen LogP) is 2.35. The van der Waals surface area contributed by atoms with Crippen molar-refractivity contribution in [2.45, 2.75) is 19.6 Å². The van der Waals surface area contributed by atoms with E-state index in [1.165, 1.54) is 12.1 Å². The summed E-state index contributed by atoms with van der Waals surface area (Å²) in [6, 6.07) is 11.8. The molecule has 19 heavy (non-hydrogen) atoms. The number of halogens is 1. The number of rotatable bonds is 5. The number of aliphatic hydroxyl groups is 1. The third-order valence-electron chi connectivity index (χ3n) is 2.82. The number of aromatic nitrogens is 1. The van der Waals surface area contributed by atoms with E-state index in [1.807, 2.05) is 25.1 Å². The van der Waals surface area contributed by atoms with Crippen LogP contribution in [0.5, 0.6) is 0 Å². The lowest BCUT2D eigenvalue weighted by atomic mass is 10.1. The molecule has 0 spiro atoms. The van der Waals surface area contributed by atoms with Crippen LogP contribution in [0.2, 0.25) is 0 Å². The Labute approximate surface area is 112 Å². The summed E-state index contributed by atoms with van der Waals surface area (Å²) in [6.07, 6.45) is -0.722. The second-order valence-corrected chi connectivity index (χ2v) is 4.47. The highest BCUT2D eigenvalue weighted by molar-refractivity contribution is 5.19. The lowest BCUT2D eigenvalue weighted by Gasteiger charge is -2.12. The molecule has 0 aliphatic rings. The molecule has 0 saturated heterocycles. The van der Waals surface area contributed by atoms with Crippen molar-refractivity contribution in [1.82, 2.24) is 10.3 Å². The highest BCUT2D eigenvalue weighted by Gasteiger charge is 2.07. The molecule has 0 aliphatic heterocycles. The number of benzene rings is 1. The first-order valence-electron chi connectivity index (χ1n) is 6.22. The zero-order valence-electron chi connectivity index (χ0n) is 10.8. The second-order valence-electron chi connectivity index (χ2n) is 4.47. The molecule has 0 fully saturated rings. The fourth-order valence-electron chi connectivity index (χ4n) is 1.87. The third-order valence-corrected chi connectivity index (χ3v) is 2.82. The molecule has 1 aromatic heterocycles. The van der Waals surface area contributed by atoms with Crippen molar-refractivity contribution < 1.29 is 9.50 Å². The Bertz CT molecular complexity index is 545. The minimum atomic E-state index is -0.722. The van der Waals surface area contributed by atoms with E-state index < -0.39 is 6.10 Å². The normalized spacial score (nSPS) is 12.4. The van der Waals surface area contributed by atoms with Gasteiger partial charge in [-0.15, -0.1) is 0 Å². The van der Waals surface area contributed by atoms with Crippen LogP contribution >= 0.6 is 0 Å². The smallest absolute Gasteiger partial charge is 0.123 e. The number of nitrogens with zero attached hydrogens (tertiary/aromatic N) is 1. The minimum Gasteiger partial charge on any atom is -0.387 e. The van der Waals surface area contributed by atoms with Crippen LogP contribution in [0, 0.1) is 12.7 Å². The van der Waals surface area contributed by atoms with Crippen molar-refractivity contribution in [1.29, 1.82) is 0 Å². The average Bonchev–Trinajstić information content (AvgIpc) is 2.38. The van der Waals surface area contributed by atoms with Crippen LogP contribution in [0.1, 0.15) is 23.1 Å². The minimum absolute atomic E-state index is 0.336. The number of aryl methyl sites for hydroxylation is 1. The number of hydrogen-bond donors (Lipinski definition) is 2. The molecule has 0 aliphatic carbocycles. The van der Waals surface area contributed by atoms with Gasteiger partial charge in [0.15, 0.2) is 0 Å². The van der Waals surface area contributed by atoms with Crippen LogP contribution in [-0.2, 0) is 6.54 Å². The fraction of sp³-hybridized carbons (Fsp3) is 0.267. The summed E-state index contributed by atoms with van der Waals surface area (Å²) in [4.78, 5) is 4.35. The largest absolute Gasteiger partial charge is 0.387 e. The van der Waals surface area contributed by atoms with Gasteiger partial charge in [-0.3, -0.25) is 4.98 Å². The van der Waals surface area contributed by atoms with Gasteiger partial charge in [0, 0.05) is 18.8 Å². The molecule has 1 heterocycles. The van der Waals surface area contributed by atoms with Crippen LogP contribution < -0.4 is 5.32 Å². The van der Waals surface area contributed by atoms with Crippen LogP contribution in [0.25, 0.3) is 0 Å². The van der Waals surface area contributed by atoms with Gasteiger partial charge < -0.3 is 10.4 Å². The number of hydrogen-bond acceptors (Lipinski definition) is 3. The topological polar surface area (TPSA) is 45.1 Å². The molecule has 2 aromatic rings. The molecule has 1 aromatic carbocycles. The monoisotopic (exact) mass is 260 g/mol. The molecule has 2 rings (SSSR count). The third kappa shape index (κ3) is 4.12. The zero-order chi connectivity index (χ0) is 13.7. The highest BCUT2D eigenvalue weighted by atomic mass is 19.1. The molecule has 0 radical (unpaired) electrons. The highest BCUT2D eigenvalue weighted by Crippen LogP contribution is 2.13. The SMILES string of the molecule is Cc1cccc(CNCC(O)c2cccc(F)c2)n1. The summed E-state index contributed by atoms with van der Waals surface area (Å²) in [7, 11) is 0. The van der Waals surface area contributed by atoms with Crippen molar-refractivity contribution in [2.75, 3.05) is 6.54 Å². The summed E-state index contributed by atoms with van der Waals surface area (Å²) < 4.78 is 13.0. The predicted molar refractivity (Wildman–Crippen MR) is 72.0 cm³/mol. The summed E-state index contributed by atoms with van der Waals surface area (Å²) in [5.74, 6) is -0.336. The molecule has 1 unspecified atom stereocenters. The van der Waals surface area contributed by atoms with E-state index in [1.54, 1.807) is 12.1 Å². The van der Waals surface area contributed by atoms with Crippen molar-refractivity contribution in [3.63, 3.8) is 0 Å². The molecule has 0 bridgehead atoms. The first kappa shape index (κ1) is 13.6. The van der Waals surface area contributed by atoms with Gasteiger partial charge >= 0.3 is 0 Å². The number of aliphatic hydroxyl groups excluding tert-OH is 1. The molecule has 0 saturated carbocycles. The van der Waals surface area contributed by atoms with E-state index >= 15 is 0 Å². The molecular weight excluding hydrogens is 243 g/mol. The zero-order valence-corrected chi connectivity index (χ0v) is 10.8. The van der Waals surface area contributed by atoms with Gasteiger partial charge in [0.25, 0.3) is 0 Å². The van der Waals surface area contributed by atoms with E-state index in [9.17, 15) is 9.50 Å². The van der Waals surface area contributed by atoms with Gasteiger partial charge in [0.2, 0.25) is 0 Å². The Morgan fingerprint density at radius 1 is 1.26 bits per heavy atom. The summed E-state index contributed by atoms with van der Waals surface area (Å²) >= 11 is 0. The van der Waals surface area contributed by atoms with Crippen LogP contribution in [0.3, 0.4) is 0 Å². The number of nitrogens with one attached hydrogen (secondary N) is 1. The quantitative estimate of drug-likeness (QED) is 0.867. The molecule has 1 atom stereocenters. The van der Waals surface area contributed by atoms with E-state index in [0.717, 1.165) is 11.4 Å². The van der Waals surface area contributed by atoms with E-state index in [4.69, 9.17) is 0 Å². The van der Waals surface area contributed by atoms with E-state index in [0.29, 0.717) is 18.7 Å². The Morgan fingerprint density at radius 3 is 2.79 bits per heavy atom. The van der Waals surface area contributed by atoms with E-state index in [2.05, 4.69) is 10.3 Å². The lowest BCUT2D eigenvalue weighted by molar-refractivity contribution is 0.174. The second kappa shape index (κ2) is 6.41. The summed E-state index contributed by atoms with van der Waals surface area (Å²) in [6.45, 7) is 2.87. The molecule has 2 N–H and O–H groups in total. The van der Waals surface area contributed by atoms with E-state index in [-0.39, 0.29) is 5.82 Å². The molecule has 0 amide bonds. The maximum absolute atomic E-state index is 13.0. The van der Waals surface area contributed by atoms with Gasteiger partial charge in [0.1, 0.15) is 5.82 Å². The molecule has 3 nitrogen and oxygen atoms in total. The Balaban J connectivity index is 1.85. The first-order valence-corrected chi connectivity index (χ1v) is 6.22. The molecule has 4 heteroatoms. The Morgan fingerprint density at radius 2 is 2.05 bits per heavy atom. The van der Waals surface area contributed by atoms with Gasteiger partial charge in [-0.2, -0.15) is 0 Å². The maximum atomic E-state index is 13.0. The first-order chi connectivity index (χ1) is 9.15. The van der Waals surface area contributed by atoms with Crippen LogP contribution in [0.4, 0.5) is 4.39 Å². The summed E-state index contributed by atoms with van der Waals surface area (Å²) in [5, 5.41) is 13.0. The Hall–Kier alpha value is -1.78. The fourth-order valence-corrected chi connectivity index (χ4v) is 1.87. The standard InChI is InChI=1S/C15H17FN2O/c1-11-4-2-7-14(18-11)9-17-10-15(19)12-5-3-6-13(16)8-12/h2-8,15,17,19H,9-10H2,1H3. The molecular formula is C15H17FN2O. The van der Waals surface area contributed by atoms with Crippen molar-refractivity contribution in [3.8, 4) is 0 Å². The lowest BCUT2D eigenvalue weighted by Crippen LogP contribution is -2.21. The Kier molecular flexibility index (Phi) is 4.60. The average molecular weight is 260 g/mol. The number of pyridine rings is 1. The van der Waals surface area contributed by atoms with Gasteiger partial charge in [0.05, 0.1) is 11.8 Å². The summed E-state index contributed by atoms with van der Waals surface area (Å²) in [5.41, 5.74) is 2.46. The molecule has 100 valence electrons. The van der Waals surface area contributed by atoms with Crippen LogP contribution in [-0.4, -0.2) is 16.6 Å².